The predicted molar refractivity (Wildman–Crippen MR) is 114 cm³/mol. The number of rotatable bonds is 9. The van der Waals surface area contributed by atoms with Crippen LogP contribution in [0.4, 0.5) is 0 Å². The van der Waals surface area contributed by atoms with Crippen molar-refractivity contribution in [3.8, 4) is 5.75 Å². The highest BCUT2D eigenvalue weighted by Crippen LogP contribution is 2.24. The van der Waals surface area contributed by atoms with Gasteiger partial charge in [0.15, 0.2) is 0 Å². The van der Waals surface area contributed by atoms with E-state index >= 15 is 0 Å². The van der Waals surface area contributed by atoms with Crippen molar-refractivity contribution in [3.63, 3.8) is 0 Å². The lowest BCUT2D eigenvalue weighted by molar-refractivity contribution is 0.0525. The molecule has 3 aromatic carbocycles. The zero-order valence-electron chi connectivity index (χ0n) is 16.8. The first-order chi connectivity index (χ1) is 14.6. The second-order valence-electron chi connectivity index (χ2n) is 6.82. The molecule has 0 radical (unpaired) electrons. The Kier molecular flexibility index (Phi) is 7.22. The van der Waals surface area contributed by atoms with Gasteiger partial charge in [-0.2, -0.15) is 0 Å². The third kappa shape index (κ3) is 5.70. The van der Waals surface area contributed by atoms with E-state index in [4.69, 9.17) is 14.6 Å². The SMILES string of the molecule is CCOC(=O)c1ccc(OCc2ccc(C(=O)O)cc2)c(CCc2ccccc2)c1. The van der Waals surface area contributed by atoms with E-state index in [1.54, 1.807) is 43.3 Å². The van der Waals surface area contributed by atoms with Crippen molar-refractivity contribution < 1.29 is 24.2 Å². The van der Waals surface area contributed by atoms with Crippen molar-refractivity contribution in [1.82, 2.24) is 0 Å². The van der Waals surface area contributed by atoms with E-state index in [9.17, 15) is 9.59 Å². The zero-order valence-corrected chi connectivity index (χ0v) is 16.8. The molecule has 30 heavy (non-hydrogen) atoms. The molecule has 5 nitrogen and oxygen atoms in total. The number of carboxylic acids is 1. The summed E-state index contributed by atoms with van der Waals surface area (Å²) in [5.41, 5.74) is 3.73. The fourth-order valence-corrected chi connectivity index (χ4v) is 3.09. The number of hydrogen-bond acceptors (Lipinski definition) is 4. The fraction of sp³-hybridized carbons (Fsp3) is 0.200. The molecule has 0 amide bonds. The standard InChI is InChI=1S/C25H24O5/c1-2-29-25(28)22-14-15-23(21(16-22)13-8-18-6-4-3-5-7-18)30-17-19-9-11-20(12-10-19)24(26)27/h3-7,9-12,14-16H,2,8,13,17H2,1H3,(H,26,27). The number of benzene rings is 3. The molecule has 3 aromatic rings. The Morgan fingerprint density at radius 3 is 2.20 bits per heavy atom. The number of carbonyl (C=O) groups excluding carboxylic acids is 1. The Hall–Kier alpha value is -3.60. The molecule has 0 aliphatic heterocycles. The van der Waals surface area contributed by atoms with Gasteiger partial charge in [-0.15, -0.1) is 0 Å². The molecule has 0 unspecified atom stereocenters. The van der Waals surface area contributed by atoms with Gasteiger partial charge in [0.25, 0.3) is 0 Å². The summed E-state index contributed by atoms with van der Waals surface area (Å²) in [5, 5.41) is 9.01. The summed E-state index contributed by atoms with van der Waals surface area (Å²) in [4.78, 5) is 23.1. The summed E-state index contributed by atoms with van der Waals surface area (Å²) in [5.74, 6) is -0.615. The van der Waals surface area contributed by atoms with E-state index in [-0.39, 0.29) is 11.5 Å². The molecule has 0 aromatic heterocycles. The van der Waals surface area contributed by atoms with Crippen LogP contribution < -0.4 is 4.74 Å². The number of aryl methyl sites for hydroxylation is 2. The molecule has 0 atom stereocenters. The molecule has 1 N–H and O–H groups in total. The highest BCUT2D eigenvalue weighted by molar-refractivity contribution is 5.90. The summed E-state index contributed by atoms with van der Waals surface area (Å²) in [6.07, 6.45) is 1.53. The van der Waals surface area contributed by atoms with Crippen molar-refractivity contribution in [2.45, 2.75) is 26.4 Å². The van der Waals surface area contributed by atoms with E-state index in [1.165, 1.54) is 5.56 Å². The summed E-state index contributed by atoms with van der Waals surface area (Å²) in [7, 11) is 0. The van der Waals surface area contributed by atoms with E-state index in [0.29, 0.717) is 30.9 Å². The topological polar surface area (TPSA) is 72.8 Å². The molecular formula is C25H24O5. The van der Waals surface area contributed by atoms with Gasteiger partial charge in [0.1, 0.15) is 12.4 Å². The molecule has 0 heterocycles. The number of hydrogen-bond donors (Lipinski definition) is 1. The molecule has 0 bridgehead atoms. The molecule has 5 heteroatoms. The highest BCUT2D eigenvalue weighted by Gasteiger charge is 2.12. The van der Waals surface area contributed by atoms with Crippen LogP contribution in [0.15, 0.2) is 72.8 Å². The number of esters is 1. The molecular weight excluding hydrogens is 380 g/mol. The average molecular weight is 404 g/mol. The van der Waals surface area contributed by atoms with Crippen molar-refractivity contribution >= 4 is 11.9 Å². The summed E-state index contributed by atoms with van der Waals surface area (Å²) >= 11 is 0. The van der Waals surface area contributed by atoms with Crippen LogP contribution in [0.25, 0.3) is 0 Å². The second kappa shape index (κ2) is 10.3. The van der Waals surface area contributed by atoms with Gasteiger partial charge in [-0.25, -0.2) is 9.59 Å². The Balaban J connectivity index is 1.76. The summed E-state index contributed by atoms with van der Waals surface area (Å²) in [6, 6.07) is 22.0. The molecule has 0 aliphatic rings. The number of aromatic carboxylic acids is 1. The minimum atomic E-state index is -0.958. The van der Waals surface area contributed by atoms with Crippen LogP contribution in [0, 0.1) is 0 Å². The fourth-order valence-electron chi connectivity index (χ4n) is 3.09. The maximum atomic E-state index is 12.1. The average Bonchev–Trinajstić information content (AvgIpc) is 2.77. The van der Waals surface area contributed by atoms with Gasteiger partial charge >= 0.3 is 11.9 Å². The number of ether oxygens (including phenoxy) is 2. The normalized spacial score (nSPS) is 10.4. The van der Waals surface area contributed by atoms with Crippen LogP contribution in [-0.4, -0.2) is 23.7 Å². The van der Waals surface area contributed by atoms with E-state index in [0.717, 1.165) is 17.5 Å². The first-order valence-corrected chi connectivity index (χ1v) is 9.86. The first-order valence-electron chi connectivity index (χ1n) is 9.86. The van der Waals surface area contributed by atoms with Gasteiger partial charge in [-0.1, -0.05) is 42.5 Å². The summed E-state index contributed by atoms with van der Waals surface area (Å²) in [6.45, 7) is 2.40. The van der Waals surface area contributed by atoms with Crippen LogP contribution >= 0.6 is 0 Å². The molecule has 0 fully saturated rings. The smallest absolute Gasteiger partial charge is 0.338 e. The van der Waals surface area contributed by atoms with E-state index in [1.807, 2.05) is 24.3 Å². The van der Waals surface area contributed by atoms with Crippen LogP contribution in [0.2, 0.25) is 0 Å². The molecule has 0 spiro atoms. The molecule has 154 valence electrons. The Morgan fingerprint density at radius 1 is 0.833 bits per heavy atom. The quantitative estimate of drug-likeness (QED) is 0.512. The van der Waals surface area contributed by atoms with Crippen molar-refractivity contribution in [2.24, 2.45) is 0 Å². The minimum absolute atomic E-state index is 0.237. The van der Waals surface area contributed by atoms with Crippen LogP contribution in [-0.2, 0) is 24.2 Å². The maximum Gasteiger partial charge on any atom is 0.338 e. The molecule has 0 aliphatic carbocycles. The van der Waals surface area contributed by atoms with E-state index in [2.05, 4.69) is 12.1 Å². The van der Waals surface area contributed by atoms with Gasteiger partial charge in [0, 0.05) is 0 Å². The lowest BCUT2D eigenvalue weighted by atomic mass is 10.0. The van der Waals surface area contributed by atoms with Crippen LogP contribution in [0.3, 0.4) is 0 Å². The Labute approximate surface area is 175 Å². The van der Waals surface area contributed by atoms with Crippen molar-refractivity contribution in [2.75, 3.05) is 6.61 Å². The predicted octanol–water partition coefficient (Wildman–Crippen LogP) is 4.93. The van der Waals surface area contributed by atoms with Gasteiger partial charge in [-0.05, 0) is 66.8 Å². The van der Waals surface area contributed by atoms with Crippen LogP contribution in [0.1, 0.15) is 44.3 Å². The molecule has 0 saturated carbocycles. The van der Waals surface area contributed by atoms with E-state index < -0.39 is 5.97 Å². The lowest BCUT2D eigenvalue weighted by Crippen LogP contribution is -2.07. The second-order valence-corrected chi connectivity index (χ2v) is 6.82. The summed E-state index contributed by atoms with van der Waals surface area (Å²) < 4.78 is 11.1. The molecule has 0 saturated heterocycles. The van der Waals surface area contributed by atoms with Gasteiger partial charge in [0.05, 0.1) is 17.7 Å². The number of carbonyl (C=O) groups is 2. The van der Waals surface area contributed by atoms with Crippen molar-refractivity contribution in [1.29, 1.82) is 0 Å². The maximum absolute atomic E-state index is 12.1. The number of carboxylic acid groups (broad SMARTS) is 1. The highest BCUT2D eigenvalue weighted by atomic mass is 16.5. The zero-order chi connectivity index (χ0) is 21.3. The monoisotopic (exact) mass is 404 g/mol. The lowest BCUT2D eigenvalue weighted by Gasteiger charge is -2.14. The first kappa shape index (κ1) is 21.1. The minimum Gasteiger partial charge on any atom is -0.489 e. The van der Waals surface area contributed by atoms with Crippen LogP contribution in [0.5, 0.6) is 5.75 Å². The van der Waals surface area contributed by atoms with Gasteiger partial charge in [-0.3, -0.25) is 0 Å². The van der Waals surface area contributed by atoms with Gasteiger partial charge < -0.3 is 14.6 Å². The van der Waals surface area contributed by atoms with Gasteiger partial charge in [0.2, 0.25) is 0 Å². The Morgan fingerprint density at radius 2 is 1.53 bits per heavy atom. The molecule has 3 rings (SSSR count). The largest absolute Gasteiger partial charge is 0.489 e. The third-order valence-electron chi connectivity index (χ3n) is 4.69. The van der Waals surface area contributed by atoms with Crippen molar-refractivity contribution in [3.05, 3.63) is 101 Å². The Bertz CT molecular complexity index is 994. The third-order valence-corrected chi connectivity index (χ3v) is 4.69.